The zero-order valence-corrected chi connectivity index (χ0v) is 17.9. The van der Waals surface area contributed by atoms with Gasteiger partial charge in [0.25, 0.3) is 0 Å². The van der Waals surface area contributed by atoms with E-state index in [1.54, 1.807) is 4.90 Å². The summed E-state index contributed by atoms with van der Waals surface area (Å²) in [5.74, 6) is 1.20. The van der Waals surface area contributed by atoms with Gasteiger partial charge in [-0.15, -0.1) is 0 Å². The van der Waals surface area contributed by atoms with E-state index in [4.69, 9.17) is 0 Å². The molecule has 2 atom stereocenters. The van der Waals surface area contributed by atoms with Crippen LogP contribution >= 0.6 is 0 Å². The summed E-state index contributed by atoms with van der Waals surface area (Å²) in [5, 5.41) is 0. The molecule has 5 nitrogen and oxygen atoms in total. The quantitative estimate of drug-likeness (QED) is 0.648. The lowest BCUT2D eigenvalue weighted by molar-refractivity contribution is -0.148. The summed E-state index contributed by atoms with van der Waals surface area (Å²) in [4.78, 5) is 42.4. The van der Waals surface area contributed by atoms with Crippen LogP contribution in [-0.4, -0.2) is 52.6 Å². The number of nitrogens with zero attached hydrogens (tertiary/aromatic N) is 2. The summed E-state index contributed by atoms with van der Waals surface area (Å²) in [6.45, 7) is 11.8. The van der Waals surface area contributed by atoms with Crippen molar-refractivity contribution in [2.24, 2.45) is 17.8 Å². The first-order valence-electron chi connectivity index (χ1n) is 10.9. The van der Waals surface area contributed by atoms with E-state index < -0.39 is 0 Å². The molecule has 0 aromatic heterocycles. The Bertz CT molecular complexity index is 534. The average molecular weight is 379 g/mol. The van der Waals surface area contributed by atoms with E-state index in [0.717, 1.165) is 38.5 Å². The molecule has 27 heavy (non-hydrogen) atoms. The van der Waals surface area contributed by atoms with Crippen molar-refractivity contribution in [3.8, 4) is 0 Å². The molecule has 0 aromatic carbocycles. The predicted molar refractivity (Wildman–Crippen MR) is 107 cm³/mol. The highest BCUT2D eigenvalue weighted by Gasteiger charge is 2.42. The van der Waals surface area contributed by atoms with Crippen LogP contribution in [0.5, 0.6) is 0 Å². The van der Waals surface area contributed by atoms with Gasteiger partial charge in [-0.2, -0.15) is 0 Å². The maximum atomic E-state index is 13.3. The maximum Gasteiger partial charge on any atom is 0.245 e. The normalized spacial score (nSPS) is 23.1. The number of amides is 2. The molecule has 0 spiro atoms. The van der Waals surface area contributed by atoms with Crippen LogP contribution in [0.2, 0.25) is 0 Å². The van der Waals surface area contributed by atoms with E-state index in [2.05, 4.69) is 27.7 Å². The molecule has 2 rings (SSSR count). The summed E-state index contributed by atoms with van der Waals surface area (Å²) in [6, 6.07) is -0.647. The number of likely N-dealkylation sites (tertiary alicyclic amines) is 2. The van der Waals surface area contributed by atoms with Crippen molar-refractivity contribution in [2.75, 3.05) is 13.1 Å². The lowest BCUT2D eigenvalue weighted by Crippen LogP contribution is -2.52. The van der Waals surface area contributed by atoms with Crippen molar-refractivity contribution < 1.29 is 14.4 Å². The van der Waals surface area contributed by atoms with Gasteiger partial charge in [0.15, 0.2) is 5.78 Å². The smallest absolute Gasteiger partial charge is 0.245 e. The number of carbonyl (C=O) groups is 3. The fraction of sp³-hybridized carbons (Fsp3) is 0.864. The molecule has 0 unspecified atom stereocenters. The lowest BCUT2D eigenvalue weighted by atomic mass is 9.88. The minimum atomic E-state index is -0.371. The molecule has 0 aromatic rings. The molecule has 0 saturated carbocycles. The lowest BCUT2D eigenvalue weighted by Gasteiger charge is -2.33. The van der Waals surface area contributed by atoms with E-state index in [1.807, 2.05) is 11.8 Å². The number of ketones is 1. The van der Waals surface area contributed by atoms with Gasteiger partial charge in [0, 0.05) is 25.4 Å². The van der Waals surface area contributed by atoms with E-state index in [1.165, 1.54) is 0 Å². The largest absolute Gasteiger partial charge is 0.331 e. The summed E-state index contributed by atoms with van der Waals surface area (Å²) in [7, 11) is 0. The van der Waals surface area contributed by atoms with Gasteiger partial charge in [0.1, 0.15) is 6.04 Å². The molecule has 5 heteroatoms. The van der Waals surface area contributed by atoms with Crippen molar-refractivity contribution in [2.45, 2.75) is 91.6 Å². The Morgan fingerprint density at radius 2 is 1.37 bits per heavy atom. The van der Waals surface area contributed by atoms with Crippen LogP contribution in [0.4, 0.5) is 0 Å². The topological polar surface area (TPSA) is 57.7 Å². The summed E-state index contributed by atoms with van der Waals surface area (Å²) in [5.41, 5.74) is 0. The Morgan fingerprint density at radius 3 is 1.89 bits per heavy atom. The summed E-state index contributed by atoms with van der Waals surface area (Å²) in [6.07, 6.45) is 5.45. The molecule has 2 aliphatic heterocycles. The zero-order valence-electron chi connectivity index (χ0n) is 17.9. The van der Waals surface area contributed by atoms with E-state index in [-0.39, 0.29) is 35.6 Å². The molecule has 0 aliphatic carbocycles. The third kappa shape index (κ3) is 5.32. The highest BCUT2D eigenvalue weighted by atomic mass is 16.2. The SMILES string of the molecule is CCC(=O)[C@H]1CCCN1C(=O)[C@H]1CCCN1C(=O)C(CC(C)C)CC(C)C. The first-order valence-corrected chi connectivity index (χ1v) is 10.9. The fourth-order valence-electron chi connectivity index (χ4n) is 4.75. The predicted octanol–water partition coefficient (Wildman–Crippen LogP) is 3.66. The summed E-state index contributed by atoms with van der Waals surface area (Å²) < 4.78 is 0. The van der Waals surface area contributed by atoms with Gasteiger partial charge in [-0.3, -0.25) is 14.4 Å². The second-order valence-corrected chi connectivity index (χ2v) is 9.16. The Balaban J connectivity index is 2.13. The highest BCUT2D eigenvalue weighted by molar-refractivity contribution is 5.93. The van der Waals surface area contributed by atoms with Gasteiger partial charge in [0.2, 0.25) is 11.8 Å². The van der Waals surface area contributed by atoms with Crippen LogP contribution in [0, 0.1) is 17.8 Å². The van der Waals surface area contributed by atoms with Gasteiger partial charge in [-0.05, 0) is 50.4 Å². The number of rotatable bonds is 8. The number of carbonyl (C=O) groups excluding carboxylic acids is 3. The van der Waals surface area contributed by atoms with Crippen molar-refractivity contribution in [3.63, 3.8) is 0 Å². The third-order valence-electron chi connectivity index (χ3n) is 5.94. The van der Waals surface area contributed by atoms with Gasteiger partial charge in [-0.25, -0.2) is 0 Å². The first-order chi connectivity index (χ1) is 12.8. The van der Waals surface area contributed by atoms with E-state index >= 15 is 0 Å². The zero-order chi connectivity index (χ0) is 20.1. The van der Waals surface area contributed by atoms with Crippen molar-refractivity contribution in [1.82, 2.24) is 9.80 Å². The molecule has 2 fully saturated rings. The van der Waals surface area contributed by atoms with Crippen LogP contribution < -0.4 is 0 Å². The Labute approximate surface area is 164 Å². The molecule has 2 saturated heterocycles. The number of hydrogen-bond donors (Lipinski definition) is 0. The third-order valence-corrected chi connectivity index (χ3v) is 5.94. The van der Waals surface area contributed by atoms with Crippen molar-refractivity contribution >= 4 is 17.6 Å². The Morgan fingerprint density at radius 1 is 0.852 bits per heavy atom. The highest BCUT2D eigenvalue weighted by Crippen LogP contribution is 2.30. The molecule has 2 aliphatic rings. The van der Waals surface area contributed by atoms with Crippen LogP contribution in [-0.2, 0) is 14.4 Å². The van der Waals surface area contributed by atoms with Gasteiger partial charge < -0.3 is 9.80 Å². The molecule has 0 N–H and O–H groups in total. The molecule has 0 radical (unpaired) electrons. The molecule has 154 valence electrons. The molecular formula is C22H38N2O3. The number of Topliss-reactive ketones (excluding diaryl/α,β-unsaturated/α-hetero) is 1. The second kappa shape index (κ2) is 9.70. The fourth-order valence-corrected chi connectivity index (χ4v) is 4.75. The van der Waals surface area contributed by atoms with Crippen LogP contribution in [0.1, 0.15) is 79.6 Å². The number of hydrogen-bond acceptors (Lipinski definition) is 3. The Hall–Kier alpha value is -1.39. The van der Waals surface area contributed by atoms with Crippen LogP contribution in [0.3, 0.4) is 0 Å². The maximum absolute atomic E-state index is 13.3. The van der Waals surface area contributed by atoms with E-state index in [9.17, 15) is 14.4 Å². The second-order valence-electron chi connectivity index (χ2n) is 9.16. The summed E-state index contributed by atoms with van der Waals surface area (Å²) >= 11 is 0. The van der Waals surface area contributed by atoms with E-state index in [0.29, 0.717) is 31.3 Å². The molecule has 2 heterocycles. The minimum Gasteiger partial charge on any atom is -0.331 e. The monoisotopic (exact) mass is 378 g/mol. The molecule has 0 bridgehead atoms. The standard InChI is InChI=1S/C22H38N2O3/c1-6-20(25)18-9-7-11-23(18)22(27)19-10-8-12-24(19)21(26)17(13-15(2)3)14-16(4)5/h15-19H,6-14H2,1-5H3/t18-,19-/m1/s1. The van der Waals surface area contributed by atoms with Gasteiger partial charge in [0.05, 0.1) is 6.04 Å². The van der Waals surface area contributed by atoms with Gasteiger partial charge in [-0.1, -0.05) is 34.6 Å². The molecular weight excluding hydrogens is 340 g/mol. The average Bonchev–Trinajstić information content (AvgIpc) is 3.27. The van der Waals surface area contributed by atoms with Crippen LogP contribution in [0.25, 0.3) is 0 Å². The van der Waals surface area contributed by atoms with Crippen molar-refractivity contribution in [1.29, 1.82) is 0 Å². The minimum absolute atomic E-state index is 0.00186. The van der Waals surface area contributed by atoms with Gasteiger partial charge >= 0.3 is 0 Å². The Kier molecular flexibility index (Phi) is 7.87. The molecule has 2 amide bonds. The van der Waals surface area contributed by atoms with Crippen LogP contribution in [0.15, 0.2) is 0 Å². The van der Waals surface area contributed by atoms with Crippen molar-refractivity contribution in [3.05, 3.63) is 0 Å². The first kappa shape index (κ1) is 21.9.